The highest BCUT2D eigenvalue weighted by Gasteiger charge is 2.10. The van der Waals surface area contributed by atoms with Crippen molar-refractivity contribution in [3.05, 3.63) is 27.4 Å². The molecule has 2 aromatic rings. The topological polar surface area (TPSA) is 24.9 Å². The molecule has 2 heterocycles. The molecule has 0 saturated heterocycles. The first-order valence-corrected chi connectivity index (χ1v) is 7.33. The van der Waals surface area contributed by atoms with Gasteiger partial charge in [-0.25, -0.2) is 4.98 Å². The molecule has 0 amide bonds. The molecule has 2 aromatic heterocycles. The summed E-state index contributed by atoms with van der Waals surface area (Å²) in [5, 5.41) is 8.79. The minimum absolute atomic E-state index is 0.946. The third kappa shape index (κ3) is 2.51. The quantitative estimate of drug-likeness (QED) is 0.880. The van der Waals surface area contributed by atoms with Gasteiger partial charge in [0.1, 0.15) is 5.01 Å². The van der Waals surface area contributed by atoms with Crippen molar-refractivity contribution in [3.8, 4) is 10.6 Å². The van der Waals surface area contributed by atoms with Crippen LogP contribution >= 0.6 is 22.7 Å². The summed E-state index contributed by atoms with van der Waals surface area (Å²) in [6.07, 6.45) is 1.02. The van der Waals surface area contributed by atoms with Crippen LogP contribution in [0.25, 0.3) is 10.6 Å². The van der Waals surface area contributed by atoms with Crippen molar-refractivity contribution < 1.29 is 0 Å². The molecule has 0 aliphatic rings. The molecular formula is C12H16N2S2. The first kappa shape index (κ1) is 11.8. The third-order valence-corrected chi connectivity index (χ3v) is 4.25. The molecule has 0 aliphatic heterocycles. The van der Waals surface area contributed by atoms with Gasteiger partial charge in [0.15, 0.2) is 0 Å². The maximum atomic E-state index is 4.71. The lowest BCUT2D eigenvalue weighted by molar-refractivity contribution is 0.727. The van der Waals surface area contributed by atoms with Crippen LogP contribution in [0.4, 0.5) is 0 Å². The zero-order valence-electron chi connectivity index (χ0n) is 9.62. The molecule has 0 spiro atoms. The Morgan fingerprint density at radius 1 is 1.38 bits per heavy atom. The summed E-state index contributed by atoms with van der Waals surface area (Å²) in [6, 6.07) is 2.14. The minimum atomic E-state index is 0.946. The van der Waals surface area contributed by atoms with Crippen LogP contribution in [0.3, 0.4) is 0 Å². The van der Waals surface area contributed by atoms with Crippen molar-refractivity contribution >= 4 is 22.7 Å². The van der Waals surface area contributed by atoms with Gasteiger partial charge in [-0.1, -0.05) is 13.8 Å². The normalized spacial score (nSPS) is 10.9. The molecule has 0 aromatic carbocycles. The lowest BCUT2D eigenvalue weighted by Crippen LogP contribution is -2.11. The summed E-state index contributed by atoms with van der Waals surface area (Å²) in [6.45, 7) is 6.25. The van der Waals surface area contributed by atoms with Gasteiger partial charge in [0, 0.05) is 22.4 Å². The highest BCUT2D eigenvalue weighted by molar-refractivity contribution is 7.15. The number of nitrogens with zero attached hydrogens (tertiary/aromatic N) is 1. The average Bonchev–Trinajstić information content (AvgIpc) is 2.94. The number of thiophene rings is 1. The molecular weight excluding hydrogens is 236 g/mol. The molecule has 0 bridgehead atoms. The number of hydrogen-bond acceptors (Lipinski definition) is 4. The Balaban J connectivity index is 2.25. The van der Waals surface area contributed by atoms with E-state index in [-0.39, 0.29) is 0 Å². The lowest BCUT2D eigenvalue weighted by atomic mass is 10.3. The molecule has 2 rings (SSSR count). The Morgan fingerprint density at radius 3 is 2.88 bits per heavy atom. The maximum absolute atomic E-state index is 4.71. The Bertz CT molecular complexity index is 432. The first-order valence-electron chi connectivity index (χ1n) is 5.57. The second-order valence-corrected chi connectivity index (χ2v) is 5.40. The second-order valence-electron chi connectivity index (χ2n) is 3.53. The molecule has 1 N–H and O–H groups in total. The summed E-state index contributed by atoms with van der Waals surface area (Å²) in [5.41, 5.74) is 2.50. The van der Waals surface area contributed by atoms with E-state index in [4.69, 9.17) is 4.98 Å². The van der Waals surface area contributed by atoms with E-state index in [1.807, 2.05) is 11.3 Å². The Labute approximate surface area is 104 Å². The van der Waals surface area contributed by atoms with E-state index in [2.05, 4.69) is 36.0 Å². The summed E-state index contributed by atoms with van der Waals surface area (Å²) >= 11 is 3.54. The molecule has 0 radical (unpaired) electrons. The number of thiazole rings is 1. The minimum Gasteiger partial charge on any atom is -0.312 e. The number of aromatic nitrogens is 1. The van der Waals surface area contributed by atoms with E-state index < -0.39 is 0 Å². The van der Waals surface area contributed by atoms with Crippen LogP contribution < -0.4 is 5.32 Å². The number of nitrogens with one attached hydrogen (secondary N) is 1. The predicted molar refractivity (Wildman–Crippen MR) is 72.2 cm³/mol. The highest BCUT2D eigenvalue weighted by Crippen LogP contribution is 2.29. The van der Waals surface area contributed by atoms with E-state index in [0.29, 0.717) is 0 Å². The zero-order chi connectivity index (χ0) is 11.4. The second kappa shape index (κ2) is 5.57. The first-order chi connectivity index (χ1) is 7.85. The molecule has 2 nitrogen and oxygen atoms in total. The van der Waals surface area contributed by atoms with Crippen molar-refractivity contribution in [2.24, 2.45) is 0 Å². The molecule has 16 heavy (non-hydrogen) atoms. The van der Waals surface area contributed by atoms with E-state index in [1.165, 1.54) is 16.1 Å². The van der Waals surface area contributed by atoms with Crippen molar-refractivity contribution in [1.29, 1.82) is 0 Å². The highest BCUT2D eigenvalue weighted by atomic mass is 32.1. The van der Waals surface area contributed by atoms with Gasteiger partial charge in [0.2, 0.25) is 0 Å². The van der Waals surface area contributed by atoms with Gasteiger partial charge in [-0.15, -0.1) is 11.3 Å². The summed E-state index contributed by atoms with van der Waals surface area (Å²) in [7, 11) is 0. The van der Waals surface area contributed by atoms with Crippen LogP contribution in [0.5, 0.6) is 0 Å². The molecule has 0 aliphatic carbocycles. The summed E-state index contributed by atoms with van der Waals surface area (Å²) < 4.78 is 0. The summed E-state index contributed by atoms with van der Waals surface area (Å²) in [5.74, 6) is 0. The van der Waals surface area contributed by atoms with Crippen LogP contribution in [0, 0.1) is 0 Å². The van der Waals surface area contributed by atoms with E-state index in [9.17, 15) is 0 Å². The van der Waals surface area contributed by atoms with Crippen molar-refractivity contribution in [2.75, 3.05) is 6.54 Å². The van der Waals surface area contributed by atoms with Gasteiger partial charge in [0.05, 0.1) is 5.69 Å². The Morgan fingerprint density at radius 2 is 2.25 bits per heavy atom. The average molecular weight is 252 g/mol. The molecule has 0 unspecified atom stereocenters. The van der Waals surface area contributed by atoms with E-state index in [0.717, 1.165) is 24.5 Å². The van der Waals surface area contributed by atoms with Gasteiger partial charge in [-0.05, 0) is 24.4 Å². The number of hydrogen-bond donors (Lipinski definition) is 1. The fourth-order valence-corrected chi connectivity index (χ4v) is 3.38. The van der Waals surface area contributed by atoms with Crippen LogP contribution in [-0.4, -0.2) is 11.5 Å². The fourth-order valence-electron chi connectivity index (χ4n) is 1.55. The standard InChI is InChI=1S/C12H16N2S2/c1-3-10-11(7-13-4-2)16-12(14-10)9-5-6-15-8-9/h5-6,8,13H,3-4,7H2,1-2H3. The SMILES string of the molecule is CCNCc1sc(-c2ccsc2)nc1CC. The molecule has 0 fully saturated rings. The monoisotopic (exact) mass is 252 g/mol. The summed E-state index contributed by atoms with van der Waals surface area (Å²) in [4.78, 5) is 6.09. The largest absolute Gasteiger partial charge is 0.312 e. The van der Waals surface area contributed by atoms with Crippen LogP contribution in [0.15, 0.2) is 16.8 Å². The van der Waals surface area contributed by atoms with E-state index >= 15 is 0 Å². The maximum Gasteiger partial charge on any atom is 0.124 e. The van der Waals surface area contributed by atoms with E-state index in [1.54, 1.807) is 11.3 Å². The molecule has 0 atom stereocenters. The van der Waals surface area contributed by atoms with Crippen LogP contribution in [-0.2, 0) is 13.0 Å². The third-order valence-electron chi connectivity index (χ3n) is 2.42. The smallest absolute Gasteiger partial charge is 0.124 e. The van der Waals surface area contributed by atoms with Gasteiger partial charge >= 0.3 is 0 Å². The number of rotatable bonds is 5. The Kier molecular flexibility index (Phi) is 4.09. The van der Waals surface area contributed by atoms with Crippen molar-refractivity contribution in [2.45, 2.75) is 26.8 Å². The number of aryl methyl sites for hydroxylation is 1. The van der Waals surface area contributed by atoms with Crippen LogP contribution in [0.1, 0.15) is 24.4 Å². The Hall–Kier alpha value is -0.710. The van der Waals surface area contributed by atoms with Gasteiger partial charge in [-0.2, -0.15) is 11.3 Å². The van der Waals surface area contributed by atoms with Crippen LogP contribution in [0.2, 0.25) is 0 Å². The van der Waals surface area contributed by atoms with Gasteiger partial charge in [0.25, 0.3) is 0 Å². The van der Waals surface area contributed by atoms with Crippen molar-refractivity contribution in [1.82, 2.24) is 10.3 Å². The zero-order valence-corrected chi connectivity index (χ0v) is 11.3. The fraction of sp³-hybridized carbons (Fsp3) is 0.417. The molecule has 4 heteroatoms. The van der Waals surface area contributed by atoms with Gasteiger partial charge in [-0.3, -0.25) is 0 Å². The van der Waals surface area contributed by atoms with Gasteiger partial charge < -0.3 is 5.32 Å². The lowest BCUT2D eigenvalue weighted by Gasteiger charge is -1.99. The molecule has 0 saturated carbocycles. The molecule has 86 valence electrons. The predicted octanol–water partition coefficient (Wildman–Crippen LogP) is 3.54. The van der Waals surface area contributed by atoms with Crippen molar-refractivity contribution in [3.63, 3.8) is 0 Å².